The Kier molecular flexibility index (Phi) is 7.20. The van der Waals surface area contributed by atoms with Crippen molar-refractivity contribution in [1.82, 2.24) is 14.3 Å². The summed E-state index contributed by atoms with van der Waals surface area (Å²) < 4.78 is 7.58. The Balaban J connectivity index is 1.50. The van der Waals surface area contributed by atoms with Gasteiger partial charge in [0.25, 0.3) is 11.5 Å². The van der Waals surface area contributed by atoms with E-state index in [1.807, 2.05) is 43.3 Å². The molecule has 1 aromatic carbocycles. The Bertz CT molecular complexity index is 1400. The highest BCUT2D eigenvalue weighted by atomic mass is 32.2. The maximum Gasteiger partial charge on any atom is 0.267 e. The van der Waals surface area contributed by atoms with Crippen LogP contribution in [0.2, 0.25) is 0 Å². The zero-order valence-electron chi connectivity index (χ0n) is 19.7. The summed E-state index contributed by atoms with van der Waals surface area (Å²) in [7, 11) is 0. The van der Waals surface area contributed by atoms with Crippen LogP contribution in [0.3, 0.4) is 0 Å². The first-order valence-corrected chi connectivity index (χ1v) is 13.0. The van der Waals surface area contributed by atoms with E-state index >= 15 is 0 Å². The Hall–Kier alpha value is -3.05. The Labute approximate surface area is 218 Å². The molecule has 3 aromatic rings. The van der Waals surface area contributed by atoms with E-state index in [9.17, 15) is 14.7 Å². The van der Waals surface area contributed by atoms with E-state index < -0.39 is 6.10 Å². The van der Waals surface area contributed by atoms with Gasteiger partial charge in [-0.25, -0.2) is 4.98 Å². The van der Waals surface area contributed by atoms with Crippen molar-refractivity contribution in [1.29, 1.82) is 0 Å². The zero-order valence-corrected chi connectivity index (χ0v) is 21.3. The van der Waals surface area contributed by atoms with Crippen LogP contribution < -0.4 is 10.9 Å². The highest BCUT2D eigenvalue weighted by Gasteiger charge is 2.35. The lowest BCUT2D eigenvalue weighted by Gasteiger charge is -2.18. The topological polar surface area (TPSA) is 96.2 Å². The van der Waals surface area contributed by atoms with Gasteiger partial charge in [-0.3, -0.25) is 18.9 Å². The molecule has 8 nitrogen and oxygen atoms in total. The largest absolute Gasteiger partial charge is 0.387 e. The van der Waals surface area contributed by atoms with Gasteiger partial charge < -0.3 is 15.2 Å². The second kappa shape index (κ2) is 10.5. The molecule has 0 aliphatic carbocycles. The second-order valence-corrected chi connectivity index (χ2v) is 10.5. The van der Waals surface area contributed by atoms with Crippen LogP contribution in [0.25, 0.3) is 11.7 Å². The molecule has 0 bridgehead atoms. The Morgan fingerprint density at radius 1 is 1.28 bits per heavy atom. The van der Waals surface area contributed by atoms with Crippen LogP contribution in [0.1, 0.15) is 35.6 Å². The van der Waals surface area contributed by atoms with Crippen molar-refractivity contribution in [3.05, 3.63) is 80.6 Å². The van der Waals surface area contributed by atoms with Crippen molar-refractivity contribution in [3.8, 4) is 0 Å². The number of thiocarbonyl (C=S) groups is 1. The summed E-state index contributed by atoms with van der Waals surface area (Å²) in [5, 5.41) is 13.8. The quantitative estimate of drug-likeness (QED) is 0.360. The van der Waals surface area contributed by atoms with Crippen molar-refractivity contribution in [2.24, 2.45) is 0 Å². The molecule has 10 heteroatoms. The number of aryl methyl sites for hydroxylation is 1. The van der Waals surface area contributed by atoms with E-state index in [-0.39, 0.29) is 29.7 Å². The third-order valence-electron chi connectivity index (χ3n) is 6.29. The highest BCUT2D eigenvalue weighted by molar-refractivity contribution is 8.26. The Morgan fingerprint density at radius 2 is 2.08 bits per heavy atom. The van der Waals surface area contributed by atoms with E-state index in [1.54, 1.807) is 23.2 Å². The van der Waals surface area contributed by atoms with Crippen LogP contribution in [0.15, 0.2) is 58.4 Å². The third kappa shape index (κ3) is 4.94. The first-order valence-electron chi connectivity index (χ1n) is 11.8. The first-order chi connectivity index (χ1) is 17.4. The number of aromatic nitrogens is 2. The molecular weight excluding hydrogens is 496 g/mol. The van der Waals surface area contributed by atoms with Crippen molar-refractivity contribution in [3.63, 3.8) is 0 Å². The van der Waals surface area contributed by atoms with Gasteiger partial charge in [0.15, 0.2) is 0 Å². The van der Waals surface area contributed by atoms with E-state index in [0.717, 1.165) is 24.0 Å². The number of anilines is 1. The number of carbonyl (C=O) groups excluding carboxylic acids is 1. The normalized spacial score (nSPS) is 20.0. The molecule has 5 rings (SSSR count). The average Bonchev–Trinajstić information content (AvgIpc) is 3.49. The summed E-state index contributed by atoms with van der Waals surface area (Å²) in [4.78, 5) is 33.3. The first kappa shape index (κ1) is 24.6. The molecule has 0 saturated carbocycles. The highest BCUT2D eigenvalue weighted by Crippen LogP contribution is 2.34. The molecule has 186 valence electrons. The summed E-state index contributed by atoms with van der Waals surface area (Å²) in [6.07, 6.45) is 4.23. The smallest absolute Gasteiger partial charge is 0.267 e. The van der Waals surface area contributed by atoms with Crippen LogP contribution in [0, 0.1) is 6.92 Å². The maximum atomic E-state index is 13.5. The number of nitrogens with zero attached hydrogens (tertiary/aromatic N) is 3. The van der Waals surface area contributed by atoms with Crippen LogP contribution >= 0.6 is 24.0 Å². The van der Waals surface area contributed by atoms with E-state index in [0.29, 0.717) is 33.8 Å². The van der Waals surface area contributed by atoms with Gasteiger partial charge in [-0.1, -0.05) is 60.4 Å². The summed E-state index contributed by atoms with van der Waals surface area (Å²) in [6, 6.07) is 12.9. The van der Waals surface area contributed by atoms with Gasteiger partial charge >= 0.3 is 0 Å². The monoisotopic (exact) mass is 522 g/mol. The zero-order chi connectivity index (χ0) is 25.2. The number of benzene rings is 1. The number of hydrogen-bond donors (Lipinski definition) is 2. The molecule has 2 aliphatic rings. The summed E-state index contributed by atoms with van der Waals surface area (Å²) >= 11 is 6.64. The Morgan fingerprint density at radius 3 is 2.83 bits per heavy atom. The fourth-order valence-corrected chi connectivity index (χ4v) is 5.60. The lowest BCUT2D eigenvalue weighted by atomic mass is 10.1. The molecule has 0 radical (unpaired) electrons. The predicted molar refractivity (Wildman–Crippen MR) is 145 cm³/mol. The molecule has 4 heterocycles. The lowest BCUT2D eigenvalue weighted by molar-refractivity contribution is -0.123. The fraction of sp³-hybridized carbons (Fsp3) is 0.308. The molecule has 0 spiro atoms. The molecule has 2 N–H and O–H groups in total. The van der Waals surface area contributed by atoms with E-state index in [1.165, 1.54) is 16.2 Å². The number of hydrogen-bond acceptors (Lipinski definition) is 8. The van der Waals surface area contributed by atoms with Crippen molar-refractivity contribution < 1.29 is 14.6 Å². The standard InChI is InChI=1S/C26H26N4O4S2/c1-16-7-5-11-29-23(16)28-22(27-14-20(31)17-8-3-2-4-9-17)19(24(29)32)13-21-25(33)30(26(35)36-21)15-18-10-6-12-34-18/h2-5,7-9,11,13,18,20,27,31H,6,10,12,14-15H2,1H3/b21-13-/t18-,20+/m1/s1. The summed E-state index contributed by atoms with van der Waals surface area (Å²) in [5.74, 6) is 0.0539. The molecule has 1 amide bonds. The van der Waals surface area contributed by atoms with Gasteiger partial charge in [0.1, 0.15) is 15.8 Å². The maximum absolute atomic E-state index is 13.5. The van der Waals surface area contributed by atoms with Crippen LogP contribution in [-0.4, -0.2) is 55.4 Å². The summed E-state index contributed by atoms with van der Waals surface area (Å²) in [5.41, 5.74) is 1.99. The minimum absolute atomic E-state index is 0.0283. The van der Waals surface area contributed by atoms with Gasteiger partial charge in [-0.2, -0.15) is 0 Å². The molecule has 2 aromatic heterocycles. The third-order valence-corrected chi connectivity index (χ3v) is 7.67. The van der Waals surface area contributed by atoms with Crippen molar-refractivity contribution in [2.75, 3.05) is 25.0 Å². The van der Waals surface area contributed by atoms with Gasteiger partial charge in [0, 0.05) is 19.3 Å². The van der Waals surface area contributed by atoms with Gasteiger partial charge in [-0.15, -0.1) is 0 Å². The molecular formula is C26H26N4O4S2. The van der Waals surface area contributed by atoms with Crippen LogP contribution in [0.4, 0.5) is 5.82 Å². The van der Waals surface area contributed by atoms with Crippen LogP contribution in [0.5, 0.6) is 0 Å². The number of aliphatic hydroxyl groups is 1. The number of aliphatic hydroxyl groups excluding tert-OH is 1. The molecule has 2 aliphatic heterocycles. The number of nitrogens with one attached hydrogen (secondary N) is 1. The number of fused-ring (bicyclic) bond motifs is 1. The summed E-state index contributed by atoms with van der Waals surface area (Å²) in [6.45, 7) is 3.11. The number of rotatable bonds is 7. The molecule has 2 atom stereocenters. The fourth-order valence-electron chi connectivity index (χ4n) is 4.34. The SMILES string of the molecule is Cc1cccn2c(=O)c(/C=C3\SC(=S)N(C[C@H]4CCCO4)C3=O)c(NC[C@H](O)c3ccccc3)nc12. The minimum atomic E-state index is -0.805. The van der Waals surface area contributed by atoms with Gasteiger partial charge in [-0.05, 0) is 43.0 Å². The number of carbonyl (C=O) groups is 1. The predicted octanol–water partition coefficient (Wildman–Crippen LogP) is 3.53. The van der Waals surface area contributed by atoms with E-state index in [2.05, 4.69) is 5.32 Å². The van der Waals surface area contributed by atoms with Crippen LogP contribution in [-0.2, 0) is 9.53 Å². The number of amides is 1. The number of ether oxygens (including phenoxy) is 1. The van der Waals surface area contributed by atoms with Crippen molar-refractivity contribution in [2.45, 2.75) is 32.0 Å². The second-order valence-electron chi connectivity index (χ2n) is 8.80. The lowest BCUT2D eigenvalue weighted by Crippen LogP contribution is -2.35. The number of pyridine rings is 1. The van der Waals surface area contributed by atoms with Crippen molar-refractivity contribution >= 4 is 51.7 Å². The molecule has 36 heavy (non-hydrogen) atoms. The van der Waals surface area contributed by atoms with E-state index in [4.69, 9.17) is 21.9 Å². The minimum Gasteiger partial charge on any atom is -0.387 e. The molecule has 2 fully saturated rings. The molecule has 0 unspecified atom stereocenters. The number of thioether (sulfide) groups is 1. The molecule has 2 saturated heterocycles. The average molecular weight is 523 g/mol. The van der Waals surface area contributed by atoms with Gasteiger partial charge in [0.2, 0.25) is 0 Å². The van der Waals surface area contributed by atoms with Gasteiger partial charge in [0.05, 0.1) is 29.2 Å².